The highest BCUT2D eigenvalue weighted by atomic mass is 35.5. The number of nitrogens with zero attached hydrogens (tertiary/aromatic N) is 2. The van der Waals surface area contributed by atoms with Gasteiger partial charge in [0.15, 0.2) is 0 Å². The number of benzene rings is 1. The first-order valence-corrected chi connectivity index (χ1v) is 5.27. The molecule has 0 fully saturated rings. The third kappa shape index (κ3) is 3.18. The Morgan fingerprint density at radius 1 is 1.41 bits per heavy atom. The number of anilines is 1. The first-order valence-electron chi connectivity index (χ1n) is 4.89. The summed E-state index contributed by atoms with van der Waals surface area (Å²) in [5.74, 6) is 0.293. The second-order valence-corrected chi connectivity index (χ2v) is 3.64. The number of amides is 2. The van der Waals surface area contributed by atoms with E-state index in [0.29, 0.717) is 17.5 Å². The quantitative estimate of drug-likeness (QED) is 0.778. The molecule has 3 N–H and O–H groups in total. The summed E-state index contributed by atoms with van der Waals surface area (Å²) in [6, 6.07) is 6.93. The van der Waals surface area contributed by atoms with Crippen molar-refractivity contribution in [3.8, 4) is 0 Å². The zero-order chi connectivity index (χ0) is 12.1. The highest BCUT2D eigenvalue weighted by Crippen LogP contribution is 2.14. The van der Waals surface area contributed by atoms with Crippen LogP contribution in [0, 0.1) is 0 Å². The maximum absolute atomic E-state index is 11.4. The maximum atomic E-state index is 11.4. The summed E-state index contributed by atoms with van der Waals surface area (Å²) in [4.78, 5) is 15.2. The summed E-state index contributed by atoms with van der Waals surface area (Å²) in [6.07, 6.45) is 1.31. The molecule has 2 amide bonds. The van der Waals surface area contributed by atoms with Gasteiger partial charge in [-0.2, -0.15) is 10.1 Å². The van der Waals surface area contributed by atoms with Crippen LogP contribution in [0.4, 0.5) is 10.7 Å². The van der Waals surface area contributed by atoms with E-state index in [4.69, 9.17) is 11.6 Å². The predicted molar refractivity (Wildman–Crippen MR) is 63.7 cm³/mol. The van der Waals surface area contributed by atoms with Crippen LogP contribution < -0.4 is 10.6 Å². The molecule has 1 aromatic carbocycles. The lowest BCUT2D eigenvalue weighted by Gasteiger charge is -2.06. The third-order valence-corrected chi connectivity index (χ3v) is 2.41. The van der Waals surface area contributed by atoms with Gasteiger partial charge in [0.25, 0.3) is 0 Å². The summed E-state index contributed by atoms with van der Waals surface area (Å²) in [7, 11) is 0. The molecular weight excluding hydrogens is 242 g/mol. The molecule has 7 heteroatoms. The molecule has 0 radical (unpaired) electrons. The fraction of sp³-hybridized carbons (Fsp3) is 0.100. The number of carbonyl (C=O) groups is 1. The fourth-order valence-corrected chi connectivity index (χ4v) is 1.44. The smallest absolute Gasteiger partial charge is 0.321 e. The van der Waals surface area contributed by atoms with Crippen molar-refractivity contribution in [2.24, 2.45) is 0 Å². The van der Waals surface area contributed by atoms with Gasteiger partial charge in [0.1, 0.15) is 6.33 Å². The van der Waals surface area contributed by atoms with Crippen molar-refractivity contribution in [3.63, 3.8) is 0 Å². The normalized spacial score (nSPS) is 9.94. The molecule has 0 bridgehead atoms. The summed E-state index contributed by atoms with van der Waals surface area (Å²) in [6.45, 7) is 0.347. The molecule has 0 atom stereocenters. The van der Waals surface area contributed by atoms with Gasteiger partial charge in [0.05, 0.1) is 0 Å². The van der Waals surface area contributed by atoms with Crippen LogP contribution in [0.1, 0.15) is 5.56 Å². The largest absolute Gasteiger partial charge is 0.334 e. The van der Waals surface area contributed by atoms with Crippen LogP contribution in [-0.4, -0.2) is 21.2 Å². The van der Waals surface area contributed by atoms with Crippen molar-refractivity contribution < 1.29 is 4.79 Å². The van der Waals surface area contributed by atoms with Crippen molar-refractivity contribution in [2.75, 3.05) is 5.32 Å². The number of urea groups is 1. The topological polar surface area (TPSA) is 82.7 Å². The zero-order valence-electron chi connectivity index (χ0n) is 8.77. The number of hydrogen-bond acceptors (Lipinski definition) is 3. The van der Waals surface area contributed by atoms with Crippen LogP contribution in [0.3, 0.4) is 0 Å². The minimum absolute atomic E-state index is 0.293. The molecule has 88 valence electrons. The molecule has 1 heterocycles. The van der Waals surface area contributed by atoms with E-state index in [0.717, 1.165) is 5.56 Å². The van der Waals surface area contributed by atoms with Crippen LogP contribution in [0.25, 0.3) is 0 Å². The molecular formula is C10H10ClN5O. The molecule has 0 saturated carbocycles. The second kappa shape index (κ2) is 5.31. The average molecular weight is 252 g/mol. The maximum Gasteiger partial charge on any atom is 0.321 e. The second-order valence-electron chi connectivity index (χ2n) is 3.23. The van der Waals surface area contributed by atoms with Crippen LogP contribution >= 0.6 is 11.6 Å². The molecule has 0 spiro atoms. The van der Waals surface area contributed by atoms with Crippen molar-refractivity contribution >= 4 is 23.6 Å². The fourth-order valence-electron chi connectivity index (χ4n) is 1.23. The molecule has 2 rings (SSSR count). The molecule has 6 nitrogen and oxygen atoms in total. The molecule has 0 unspecified atom stereocenters. The van der Waals surface area contributed by atoms with E-state index < -0.39 is 0 Å². The van der Waals surface area contributed by atoms with Crippen molar-refractivity contribution in [2.45, 2.75) is 6.54 Å². The number of aromatic nitrogens is 3. The first kappa shape index (κ1) is 11.4. The molecule has 1 aromatic heterocycles. The van der Waals surface area contributed by atoms with Crippen molar-refractivity contribution in [3.05, 3.63) is 41.2 Å². The molecule has 17 heavy (non-hydrogen) atoms. The van der Waals surface area contributed by atoms with Gasteiger partial charge in [-0.3, -0.25) is 5.32 Å². The van der Waals surface area contributed by atoms with Crippen molar-refractivity contribution in [1.82, 2.24) is 20.5 Å². The van der Waals surface area contributed by atoms with Crippen LogP contribution in [0.2, 0.25) is 5.02 Å². The molecule has 0 aliphatic carbocycles. The van der Waals surface area contributed by atoms with Crippen LogP contribution in [-0.2, 0) is 6.54 Å². The lowest BCUT2D eigenvalue weighted by molar-refractivity contribution is 0.251. The Balaban J connectivity index is 1.86. The Morgan fingerprint density at radius 3 is 2.94 bits per heavy atom. The van der Waals surface area contributed by atoms with Gasteiger partial charge in [-0.25, -0.2) is 9.89 Å². The summed E-state index contributed by atoms with van der Waals surface area (Å²) in [5.41, 5.74) is 0.849. The van der Waals surface area contributed by atoms with Gasteiger partial charge >= 0.3 is 6.03 Å². The lowest BCUT2D eigenvalue weighted by atomic mass is 10.2. The van der Waals surface area contributed by atoms with Gasteiger partial charge in [-0.05, 0) is 11.6 Å². The molecule has 0 saturated heterocycles. The number of carbonyl (C=O) groups excluding carboxylic acids is 1. The Bertz CT molecular complexity index is 499. The number of halogens is 1. The van der Waals surface area contributed by atoms with Gasteiger partial charge in [0, 0.05) is 11.6 Å². The Morgan fingerprint density at radius 2 is 2.24 bits per heavy atom. The minimum Gasteiger partial charge on any atom is -0.334 e. The van der Waals surface area contributed by atoms with E-state index >= 15 is 0 Å². The van der Waals surface area contributed by atoms with Gasteiger partial charge in [-0.15, -0.1) is 0 Å². The third-order valence-electron chi connectivity index (χ3n) is 2.04. The van der Waals surface area contributed by atoms with E-state index in [1.807, 2.05) is 18.2 Å². The minimum atomic E-state index is -0.373. The van der Waals surface area contributed by atoms with E-state index in [2.05, 4.69) is 25.8 Å². The lowest BCUT2D eigenvalue weighted by Crippen LogP contribution is -2.28. The van der Waals surface area contributed by atoms with Gasteiger partial charge in [-0.1, -0.05) is 29.8 Å². The van der Waals surface area contributed by atoms with Gasteiger partial charge < -0.3 is 5.32 Å². The SMILES string of the molecule is O=C(NCc1ccccc1Cl)Nc1ncn[nH]1. The highest BCUT2D eigenvalue weighted by Gasteiger charge is 2.04. The number of aromatic amines is 1. The van der Waals surface area contributed by atoms with Crippen molar-refractivity contribution in [1.29, 1.82) is 0 Å². The molecule has 2 aromatic rings. The monoisotopic (exact) mass is 251 g/mol. The average Bonchev–Trinajstić information content (AvgIpc) is 2.81. The van der Waals surface area contributed by atoms with E-state index in [1.54, 1.807) is 6.07 Å². The molecule has 0 aliphatic heterocycles. The highest BCUT2D eigenvalue weighted by molar-refractivity contribution is 6.31. The zero-order valence-corrected chi connectivity index (χ0v) is 9.53. The van der Waals surface area contributed by atoms with E-state index in [-0.39, 0.29) is 6.03 Å². The van der Waals surface area contributed by atoms with Crippen LogP contribution in [0.15, 0.2) is 30.6 Å². The van der Waals surface area contributed by atoms with Crippen LogP contribution in [0.5, 0.6) is 0 Å². The Kier molecular flexibility index (Phi) is 3.56. The van der Waals surface area contributed by atoms with E-state index in [1.165, 1.54) is 6.33 Å². The Labute approximate surface area is 102 Å². The molecule has 0 aliphatic rings. The number of hydrogen-bond donors (Lipinski definition) is 3. The number of rotatable bonds is 3. The van der Waals surface area contributed by atoms with Gasteiger partial charge in [0.2, 0.25) is 5.95 Å². The predicted octanol–water partition coefficient (Wildman–Crippen LogP) is 1.78. The Hall–Kier alpha value is -2.08. The number of nitrogens with one attached hydrogen (secondary N) is 3. The summed E-state index contributed by atoms with van der Waals surface area (Å²) in [5, 5.41) is 11.9. The first-order chi connectivity index (χ1) is 8.25. The summed E-state index contributed by atoms with van der Waals surface area (Å²) < 4.78 is 0. The summed E-state index contributed by atoms with van der Waals surface area (Å²) >= 11 is 5.95. The number of H-pyrrole nitrogens is 1. The standard InChI is InChI=1S/C10H10ClN5O/c11-8-4-2-1-3-7(8)5-12-10(17)15-9-13-6-14-16-9/h1-4,6H,5H2,(H3,12,13,14,15,16,17). The van der Waals surface area contributed by atoms with E-state index in [9.17, 15) is 4.79 Å².